The van der Waals surface area contributed by atoms with E-state index in [1.165, 1.54) is 128 Å². The zero-order chi connectivity index (χ0) is 31.0. The fraction of sp³-hybridized carbons (Fsp3) is 0.892. The molecular formula is C37H73NO3P+. The molecule has 0 aliphatic rings. The van der Waals surface area contributed by atoms with Crippen molar-refractivity contribution in [2.45, 2.75) is 180 Å². The summed E-state index contributed by atoms with van der Waals surface area (Å²) in [5.41, 5.74) is 0.277. The fourth-order valence-corrected chi connectivity index (χ4v) is 5.85. The Morgan fingerprint density at radius 3 is 1.36 bits per heavy atom. The van der Waals surface area contributed by atoms with Crippen LogP contribution < -0.4 is 0 Å². The first-order valence-electron chi connectivity index (χ1n) is 18.2. The molecule has 1 atom stereocenters. The lowest BCUT2D eigenvalue weighted by atomic mass is 10.0. The van der Waals surface area contributed by atoms with Crippen LogP contribution in [0.5, 0.6) is 0 Å². The number of rotatable bonds is 34. The first-order valence-corrected chi connectivity index (χ1v) is 19.1. The summed E-state index contributed by atoms with van der Waals surface area (Å²) in [5, 5.41) is 0. The molecule has 0 saturated heterocycles. The van der Waals surface area contributed by atoms with E-state index in [0.29, 0.717) is 18.8 Å². The Hall–Kier alpha value is -0.570. The lowest BCUT2D eigenvalue weighted by Gasteiger charge is -2.23. The minimum absolute atomic E-state index is 0.0303. The van der Waals surface area contributed by atoms with Gasteiger partial charge in [0.25, 0.3) is 0 Å². The Bertz CT molecular complexity index is 629. The second kappa shape index (κ2) is 31.8. The molecule has 0 spiro atoms. The molecule has 0 aromatic rings. The van der Waals surface area contributed by atoms with Crippen molar-refractivity contribution in [2.24, 2.45) is 0 Å². The van der Waals surface area contributed by atoms with Gasteiger partial charge < -0.3 is 9.01 Å². The van der Waals surface area contributed by atoms with Crippen LogP contribution in [0.15, 0.2) is 12.2 Å². The van der Waals surface area contributed by atoms with Crippen LogP contribution in [0.25, 0.3) is 0 Å². The van der Waals surface area contributed by atoms with Crippen LogP contribution in [0.2, 0.25) is 0 Å². The van der Waals surface area contributed by atoms with Gasteiger partial charge in [-0.15, -0.1) is 0 Å². The Labute approximate surface area is 265 Å². The first kappa shape index (κ1) is 41.4. The number of carbonyl (C=O) groups excluding carboxylic acids is 2. The molecule has 0 rings (SSSR count). The maximum atomic E-state index is 12.1. The van der Waals surface area contributed by atoms with Crippen LogP contribution in [0.4, 0.5) is 0 Å². The Morgan fingerprint density at radius 1 is 0.548 bits per heavy atom. The monoisotopic (exact) mass is 611 g/mol. The number of allylic oxidation sites excluding steroid dienone is 2. The van der Waals surface area contributed by atoms with Gasteiger partial charge in [-0.25, -0.2) is 0 Å². The van der Waals surface area contributed by atoms with Crippen molar-refractivity contribution >= 4 is 20.1 Å². The van der Waals surface area contributed by atoms with E-state index in [1.54, 1.807) is 0 Å². The Kier molecular flexibility index (Phi) is 31.4. The van der Waals surface area contributed by atoms with Crippen molar-refractivity contribution in [1.82, 2.24) is 0 Å². The zero-order valence-corrected chi connectivity index (χ0v) is 29.8. The largest absolute Gasteiger partial charge is 0.349 e. The highest BCUT2D eigenvalue weighted by Crippen LogP contribution is 2.19. The molecule has 0 saturated carbocycles. The number of likely N-dealkylation sites (N-methyl/N-ethyl adjacent to an activating group) is 1. The molecule has 0 amide bonds. The van der Waals surface area contributed by atoms with E-state index in [4.69, 9.17) is 4.52 Å². The first-order chi connectivity index (χ1) is 20.3. The summed E-state index contributed by atoms with van der Waals surface area (Å²) in [6, 6.07) is 0. The van der Waals surface area contributed by atoms with Gasteiger partial charge in [0.05, 0.1) is 30.0 Å². The summed E-state index contributed by atoms with van der Waals surface area (Å²) >= 11 is 0. The molecule has 0 aromatic carbocycles. The molecule has 0 aliphatic heterocycles. The average molecular weight is 611 g/mol. The van der Waals surface area contributed by atoms with E-state index in [9.17, 15) is 9.59 Å². The molecule has 0 N–H and O–H groups in total. The number of hydrogen-bond acceptors (Lipinski definition) is 3. The van der Waals surface area contributed by atoms with Gasteiger partial charge in [-0.2, -0.15) is 0 Å². The maximum Gasteiger partial charge on any atom is 0.178 e. The minimum atomic E-state index is 0.0303. The summed E-state index contributed by atoms with van der Waals surface area (Å²) in [6.07, 6.45) is 37.7. The summed E-state index contributed by atoms with van der Waals surface area (Å²) in [4.78, 5) is 24.0. The average Bonchev–Trinajstić information content (AvgIpc) is 2.95. The third-order valence-electron chi connectivity index (χ3n) is 8.13. The number of hydrogen-bond donors (Lipinski definition) is 0. The molecule has 248 valence electrons. The molecule has 4 nitrogen and oxygen atoms in total. The summed E-state index contributed by atoms with van der Waals surface area (Å²) in [7, 11) is 6.45. The second-order valence-corrected chi connectivity index (χ2v) is 14.7. The number of carbonyl (C=O) groups is 2. The van der Waals surface area contributed by atoms with Gasteiger partial charge in [-0.05, 0) is 44.9 Å². The number of ketones is 1. The van der Waals surface area contributed by atoms with Crippen LogP contribution in [0, 0.1) is 0 Å². The van der Waals surface area contributed by atoms with Gasteiger partial charge >= 0.3 is 0 Å². The van der Waals surface area contributed by atoms with Crippen molar-refractivity contribution < 1.29 is 18.6 Å². The minimum Gasteiger partial charge on any atom is -0.349 e. The van der Waals surface area contributed by atoms with E-state index < -0.39 is 0 Å². The SMILES string of the molecule is CCCCCCCCCCCCCC(=O)CCCCCCCCC=CCCCCCCCC(=O)POCC[N+](C)(C)C. The van der Waals surface area contributed by atoms with Crippen LogP contribution >= 0.6 is 8.81 Å². The van der Waals surface area contributed by atoms with Crippen molar-refractivity contribution in [1.29, 1.82) is 0 Å². The van der Waals surface area contributed by atoms with Crippen molar-refractivity contribution in [3.8, 4) is 0 Å². The maximum absolute atomic E-state index is 12.1. The standard InChI is InChI=1S/C37H73NO3P/c1-5-6-7-8-9-10-16-19-22-25-28-31-36(39)32-29-26-23-20-17-14-12-11-13-15-18-21-24-27-30-33-37(40)42-41-35-34-38(2,3)4/h11,13,42H,5-10,12,14-35H2,1-4H3/q+1. The molecule has 0 aliphatic carbocycles. The molecule has 1 unspecified atom stereocenters. The summed E-state index contributed by atoms with van der Waals surface area (Å²) in [6.45, 7) is 3.89. The van der Waals surface area contributed by atoms with Crippen LogP contribution in [-0.4, -0.2) is 50.1 Å². The molecule has 0 heterocycles. The molecule has 0 aromatic heterocycles. The van der Waals surface area contributed by atoms with Crippen molar-refractivity contribution in [2.75, 3.05) is 34.3 Å². The van der Waals surface area contributed by atoms with Gasteiger partial charge in [0.15, 0.2) is 5.52 Å². The van der Waals surface area contributed by atoms with Gasteiger partial charge in [0, 0.05) is 19.3 Å². The number of nitrogens with zero attached hydrogens (tertiary/aromatic N) is 1. The topological polar surface area (TPSA) is 43.4 Å². The number of unbranched alkanes of at least 4 members (excludes halogenated alkanes) is 21. The van der Waals surface area contributed by atoms with E-state index in [2.05, 4.69) is 40.2 Å². The normalized spacial score (nSPS) is 12.3. The molecule has 5 heteroatoms. The van der Waals surface area contributed by atoms with Crippen LogP contribution in [0.1, 0.15) is 180 Å². The second-order valence-electron chi connectivity index (χ2n) is 13.6. The van der Waals surface area contributed by atoms with E-state index in [-0.39, 0.29) is 14.3 Å². The van der Waals surface area contributed by atoms with Crippen LogP contribution in [0.3, 0.4) is 0 Å². The molecule has 0 radical (unpaired) electrons. The smallest absolute Gasteiger partial charge is 0.178 e. The van der Waals surface area contributed by atoms with Gasteiger partial charge in [-0.3, -0.25) is 9.59 Å². The van der Waals surface area contributed by atoms with Crippen molar-refractivity contribution in [3.63, 3.8) is 0 Å². The highest BCUT2D eigenvalue weighted by Gasteiger charge is 2.08. The molecular weight excluding hydrogens is 537 g/mol. The fourth-order valence-electron chi connectivity index (χ4n) is 5.22. The predicted octanol–water partition coefficient (Wildman–Crippen LogP) is 11.5. The Morgan fingerprint density at radius 2 is 0.929 bits per heavy atom. The third-order valence-corrected chi connectivity index (χ3v) is 8.95. The van der Waals surface area contributed by atoms with E-state index >= 15 is 0 Å². The Balaban J connectivity index is 3.28. The quantitative estimate of drug-likeness (QED) is 0.0315. The van der Waals surface area contributed by atoms with Crippen LogP contribution in [-0.2, 0) is 14.1 Å². The molecule has 42 heavy (non-hydrogen) atoms. The molecule has 0 bridgehead atoms. The summed E-state index contributed by atoms with van der Waals surface area (Å²) < 4.78 is 6.41. The predicted molar refractivity (Wildman–Crippen MR) is 187 cm³/mol. The number of quaternary nitrogens is 1. The highest BCUT2D eigenvalue weighted by molar-refractivity contribution is 7.53. The molecule has 0 fully saturated rings. The van der Waals surface area contributed by atoms with Gasteiger partial charge in [-0.1, -0.05) is 128 Å². The summed E-state index contributed by atoms with van der Waals surface area (Å²) in [5.74, 6) is 0.499. The zero-order valence-electron chi connectivity index (χ0n) is 28.8. The third kappa shape index (κ3) is 35.6. The van der Waals surface area contributed by atoms with Gasteiger partial charge in [0.1, 0.15) is 18.9 Å². The van der Waals surface area contributed by atoms with E-state index in [0.717, 1.165) is 49.6 Å². The lowest BCUT2D eigenvalue weighted by molar-refractivity contribution is -0.870. The highest BCUT2D eigenvalue weighted by atomic mass is 31.1. The van der Waals surface area contributed by atoms with Gasteiger partial charge in [0.2, 0.25) is 0 Å². The van der Waals surface area contributed by atoms with E-state index in [1.807, 2.05) is 0 Å². The number of Topliss-reactive ketones (excluding diaryl/α,β-unsaturated/α-hetero) is 1. The lowest BCUT2D eigenvalue weighted by Crippen LogP contribution is -2.37. The van der Waals surface area contributed by atoms with Crippen molar-refractivity contribution in [3.05, 3.63) is 12.2 Å².